The Labute approximate surface area is 342 Å². The van der Waals surface area contributed by atoms with Gasteiger partial charge in [-0.15, -0.1) is 18.3 Å². The molecular formula is C49H69N3O3S. The Hall–Kier alpha value is -3.42. The lowest BCUT2D eigenvalue weighted by molar-refractivity contribution is -0.0388. The van der Waals surface area contributed by atoms with Crippen molar-refractivity contribution in [2.24, 2.45) is 11.8 Å². The molecule has 304 valence electrons. The number of carbonyl (C=O) groups excluding carboxylic acids is 1. The number of fused-ring (bicyclic) bond motifs is 5. The number of carbonyl (C=O) groups is 1. The van der Waals surface area contributed by atoms with Crippen molar-refractivity contribution < 1.29 is 14.3 Å². The minimum absolute atomic E-state index is 0.0647. The van der Waals surface area contributed by atoms with Gasteiger partial charge in [0, 0.05) is 35.3 Å². The summed E-state index contributed by atoms with van der Waals surface area (Å²) in [6, 6.07) is 20.4. The Bertz CT molecular complexity index is 1700. The minimum Gasteiger partial charge on any atom is -0.497 e. The number of nitrogens with zero attached hydrogens (tertiary/aromatic N) is 1. The van der Waals surface area contributed by atoms with Gasteiger partial charge >= 0.3 is 6.09 Å². The van der Waals surface area contributed by atoms with Crippen LogP contribution in [0.25, 0.3) is 16.3 Å². The summed E-state index contributed by atoms with van der Waals surface area (Å²) in [5.41, 5.74) is 3.90. The summed E-state index contributed by atoms with van der Waals surface area (Å²) in [7, 11) is 1.70. The number of piperidine rings is 3. The van der Waals surface area contributed by atoms with E-state index in [9.17, 15) is 4.79 Å². The van der Waals surface area contributed by atoms with E-state index < -0.39 is 12.2 Å². The fraction of sp³-hybridized carbons (Fsp3) is 0.571. The van der Waals surface area contributed by atoms with Gasteiger partial charge in [-0.2, -0.15) is 0 Å². The smallest absolute Gasteiger partial charge is 0.412 e. The van der Waals surface area contributed by atoms with Gasteiger partial charge in [-0.05, 0) is 66.5 Å². The summed E-state index contributed by atoms with van der Waals surface area (Å²) in [4.78, 5) is 16.7. The highest BCUT2D eigenvalue weighted by molar-refractivity contribution is 7.99. The third-order valence-corrected chi connectivity index (χ3v) is 13.9. The second-order valence-electron chi connectivity index (χ2n) is 16.5. The van der Waals surface area contributed by atoms with Gasteiger partial charge in [0.1, 0.15) is 11.9 Å². The lowest BCUT2D eigenvalue weighted by Gasteiger charge is -2.55. The number of hydrogen-bond acceptors (Lipinski definition) is 6. The number of amides is 1. The number of ether oxygens (including phenoxy) is 2. The highest BCUT2D eigenvalue weighted by atomic mass is 32.2. The van der Waals surface area contributed by atoms with Crippen LogP contribution in [0.3, 0.4) is 0 Å². The first-order valence-electron chi connectivity index (χ1n) is 22.2. The van der Waals surface area contributed by atoms with E-state index in [2.05, 4.69) is 77.2 Å². The molecule has 0 radical (unpaired) electrons. The molecule has 0 aromatic heterocycles. The predicted molar refractivity (Wildman–Crippen MR) is 240 cm³/mol. The fourth-order valence-electron chi connectivity index (χ4n) is 9.37. The summed E-state index contributed by atoms with van der Waals surface area (Å²) in [6.07, 6.45) is 28.0. The van der Waals surface area contributed by atoms with Gasteiger partial charge in [0.05, 0.1) is 24.2 Å². The molecule has 4 aliphatic heterocycles. The molecule has 56 heavy (non-hydrogen) atoms. The van der Waals surface area contributed by atoms with Gasteiger partial charge in [0.15, 0.2) is 0 Å². The van der Waals surface area contributed by atoms with Crippen LogP contribution in [0.5, 0.6) is 5.75 Å². The largest absolute Gasteiger partial charge is 0.497 e. The van der Waals surface area contributed by atoms with E-state index in [-0.39, 0.29) is 6.04 Å². The maximum absolute atomic E-state index is 14.0. The molecule has 1 amide bonds. The van der Waals surface area contributed by atoms with Crippen LogP contribution in [0.15, 0.2) is 79.4 Å². The first-order chi connectivity index (χ1) is 27.6. The van der Waals surface area contributed by atoms with Crippen molar-refractivity contribution in [2.75, 3.05) is 36.6 Å². The van der Waals surface area contributed by atoms with E-state index in [1.807, 2.05) is 36.4 Å². The van der Waals surface area contributed by atoms with Gasteiger partial charge in [-0.25, -0.2) is 4.79 Å². The second-order valence-corrected chi connectivity index (χ2v) is 17.7. The quantitative estimate of drug-likeness (QED) is 0.0697. The highest BCUT2D eigenvalue weighted by Gasteiger charge is 2.49. The van der Waals surface area contributed by atoms with Crippen LogP contribution in [0.1, 0.15) is 128 Å². The van der Waals surface area contributed by atoms with Crippen molar-refractivity contribution in [3.05, 3.63) is 85.0 Å². The minimum atomic E-state index is -0.440. The molecule has 2 N–H and O–H groups in total. The second kappa shape index (κ2) is 22.5. The normalized spacial score (nSPS) is 21.8. The maximum Gasteiger partial charge on any atom is 0.412 e. The third kappa shape index (κ3) is 11.6. The molecule has 7 rings (SSSR count). The Morgan fingerprint density at radius 1 is 0.893 bits per heavy atom. The van der Waals surface area contributed by atoms with E-state index in [1.165, 1.54) is 108 Å². The molecule has 3 saturated heterocycles. The van der Waals surface area contributed by atoms with E-state index >= 15 is 0 Å². The zero-order valence-corrected chi connectivity index (χ0v) is 35.3. The average molecular weight is 780 g/mol. The van der Waals surface area contributed by atoms with Gasteiger partial charge in [0.2, 0.25) is 0 Å². The lowest BCUT2D eigenvalue weighted by atomic mass is 9.72. The van der Waals surface area contributed by atoms with Crippen molar-refractivity contribution in [1.82, 2.24) is 4.90 Å². The zero-order valence-electron chi connectivity index (χ0n) is 34.5. The van der Waals surface area contributed by atoms with Crippen molar-refractivity contribution in [2.45, 2.75) is 140 Å². The van der Waals surface area contributed by atoms with Gasteiger partial charge < -0.3 is 14.8 Å². The molecule has 6 nitrogen and oxygen atoms in total. The number of rotatable bonds is 24. The number of nitrogens with one attached hydrogen (secondary N) is 2. The molecule has 6 atom stereocenters. The van der Waals surface area contributed by atoms with Crippen LogP contribution in [0.2, 0.25) is 0 Å². The average Bonchev–Trinajstić information content (AvgIpc) is 3.23. The SMILES string of the molecule is C=C[C@H]1CN2C(SCCCCCCCCCCCCCCCCCC)CC1C[C@H]2[C@H](OC(=O)Nc1cccc2ccccc12)C1=CCNc2ccc(OC)cc21. The van der Waals surface area contributed by atoms with Crippen molar-refractivity contribution in [3.63, 3.8) is 0 Å². The van der Waals surface area contributed by atoms with Crippen LogP contribution in [0.4, 0.5) is 16.2 Å². The summed E-state index contributed by atoms with van der Waals surface area (Å²) in [5, 5.41) is 9.15. The van der Waals surface area contributed by atoms with Gasteiger partial charge in [-0.1, -0.05) is 152 Å². The van der Waals surface area contributed by atoms with Crippen molar-refractivity contribution in [1.29, 1.82) is 0 Å². The summed E-state index contributed by atoms with van der Waals surface area (Å²) in [5.74, 6) is 2.95. The van der Waals surface area contributed by atoms with Gasteiger partial charge in [0.25, 0.3) is 0 Å². The van der Waals surface area contributed by atoms with Crippen LogP contribution in [-0.4, -0.2) is 54.5 Å². The molecule has 3 fully saturated rings. The van der Waals surface area contributed by atoms with Gasteiger partial charge in [-0.3, -0.25) is 10.2 Å². The molecular weight excluding hydrogens is 711 g/mol. The molecule has 3 unspecified atom stereocenters. The van der Waals surface area contributed by atoms with Crippen LogP contribution >= 0.6 is 11.8 Å². The number of unbranched alkanes of at least 4 members (excludes halogenated alkanes) is 15. The number of benzene rings is 3. The van der Waals surface area contributed by atoms with E-state index in [0.29, 0.717) is 23.8 Å². The van der Waals surface area contributed by atoms with Crippen molar-refractivity contribution >= 4 is 45.6 Å². The monoisotopic (exact) mass is 780 g/mol. The molecule has 0 spiro atoms. The highest BCUT2D eigenvalue weighted by Crippen LogP contribution is 2.48. The van der Waals surface area contributed by atoms with E-state index in [0.717, 1.165) is 58.4 Å². The lowest BCUT2D eigenvalue weighted by Crippen LogP contribution is -2.61. The molecule has 4 aliphatic rings. The van der Waals surface area contributed by atoms with Crippen LogP contribution < -0.4 is 15.4 Å². The zero-order chi connectivity index (χ0) is 39.0. The topological polar surface area (TPSA) is 62.8 Å². The first kappa shape index (κ1) is 42.2. The third-order valence-electron chi connectivity index (χ3n) is 12.6. The number of hydrogen-bond donors (Lipinski definition) is 2. The Morgan fingerprint density at radius 3 is 2.25 bits per heavy atom. The Morgan fingerprint density at radius 2 is 1.57 bits per heavy atom. The Kier molecular flexibility index (Phi) is 17.0. The fourth-order valence-corrected chi connectivity index (χ4v) is 10.8. The van der Waals surface area contributed by atoms with Crippen LogP contribution in [-0.2, 0) is 4.74 Å². The molecule has 3 aromatic carbocycles. The number of methoxy groups -OCH3 is 1. The van der Waals surface area contributed by atoms with E-state index in [4.69, 9.17) is 9.47 Å². The molecule has 0 saturated carbocycles. The maximum atomic E-state index is 14.0. The predicted octanol–water partition coefficient (Wildman–Crippen LogP) is 13.5. The standard InChI is InChI=1S/C49H69N3O3S/c1-4-6-7-8-9-10-11-12-13-14-15-16-17-18-19-22-32-56-47-34-39-33-46(52(47)36-37(39)5-2)48(42-30-31-50-44-29-28-40(54-3)35-43(42)44)55-49(53)51-45-27-23-25-38-24-20-21-26-41(38)45/h5,20-21,23-30,35,37,39,46-48,50H,2,4,6-19,22,31-34,36H2,1,3H3,(H,51,53)/t37-,39?,46-,47?,48+/m0/s1. The molecule has 4 heterocycles. The summed E-state index contributed by atoms with van der Waals surface area (Å²) < 4.78 is 12.3. The summed E-state index contributed by atoms with van der Waals surface area (Å²) in [6.45, 7) is 8.18. The summed E-state index contributed by atoms with van der Waals surface area (Å²) >= 11 is 2.13. The molecule has 0 aliphatic carbocycles. The number of thioether (sulfide) groups is 1. The molecule has 7 heteroatoms. The molecule has 3 aromatic rings. The van der Waals surface area contributed by atoms with E-state index in [1.54, 1.807) is 7.11 Å². The van der Waals surface area contributed by atoms with Crippen LogP contribution in [0, 0.1) is 11.8 Å². The number of anilines is 2. The van der Waals surface area contributed by atoms with Crippen molar-refractivity contribution in [3.8, 4) is 5.75 Å². The Balaban J connectivity index is 1.04. The molecule has 2 bridgehead atoms. The first-order valence-corrected chi connectivity index (χ1v) is 23.2.